The van der Waals surface area contributed by atoms with Crippen molar-refractivity contribution in [1.29, 1.82) is 0 Å². The Hall–Kier alpha value is -4.38. The van der Waals surface area contributed by atoms with Gasteiger partial charge in [0.15, 0.2) is 5.82 Å². The molecule has 3 aromatic carbocycles. The third kappa shape index (κ3) is 5.56. The minimum absolute atomic E-state index is 0.105. The smallest absolute Gasteiger partial charge is 0.417 e. The standard InChI is InChI=1S/C32H30F3N3O5/c1-31(2,40)30-36-17-38(37-30)20-6-4-18(5-7-20)29-24-11-13-26(23(24)10-12-25(29)32(33,34)35)43-21-8-9-22-19(14-28(39)41-3)16-42-27(22)15-21/h4-10,12,15,17,19,26,40H,11,13-14,16H2,1-3H3. The van der Waals surface area contributed by atoms with Gasteiger partial charge in [0.1, 0.15) is 29.5 Å². The molecule has 4 aromatic rings. The molecule has 1 aliphatic heterocycles. The van der Waals surface area contributed by atoms with Crippen LogP contribution in [0.25, 0.3) is 16.8 Å². The Kier molecular flexibility index (Phi) is 7.16. The summed E-state index contributed by atoms with van der Waals surface area (Å²) < 4.78 is 61.1. The normalized spacial score (nSPS) is 17.7. The number of alkyl halides is 3. The molecule has 2 heterocycles. The summed E-state index contributed by atoms with van der Waals surface area (Å²) in [5, 5.41) is 14.5. The van der Waals surface area contributed by atoms with Gasteiger partial charge in [0.05, 0.1) is 31.4 Å². The van der Waals surface area contributed by atoms with E-state index in [4.69, 9.17) is 14.2 Å². The summed E-state index contributed by atoms with van der Waals surface area (Å²) in [6.45, 7) is 3.50. The predicted octanol–water partition coefficient (Wildman–Crippen LogP) is 6.29. The van der Waals surface area contributed by atoms with Gasteiger partial charge in [-0.2, -0.15) is 13.2 Å². The monoisotopic (exact) mass is 593 g/mol. The lowest BCUT2D eigenvalue weighted by molar-refractivity contribution is -0.141. The molecule has 2 atom stereocenters. The van der Waals surface area contributed by atoms with Gasteiger partial charge in [0, 0.05) is 17.5 Å². The fourth-order valence-corrected chi connectivity index (χ4v) is 5.75. The fourth-order valence-electron chi connectivity index (χ4n) is 5.75. The second-order valence-electron chi connectivity index (χ2n) is 11.3. The number of halogens is 3. The Morgan fingerprint density at radius 3 is 2.51 bits per heavy atom. The summed E-state index contributed by atoms with van der Waals surface area (Å²) in [5.41, 5.74) is 1.45. The first-order valence-electron chi connectivity index (χ1n) is 13.9. The molecule has 0 radical (unpaired) electrons. The molecule has 2 aliphatic rings. The van der Waals surface area contributed by atoms with Crippen molar-refractivity contribution < 1.29 is 37.3 Å². The van der Waals surface area contributed by atoms with Crippen molar-refractivity contribution in [2.24, 2.45) is 0 Å². The van der Waals surface area contributed by atoms with Gasteiger partial charge in [-0.25, -0.2) is 9.67 Å². The number of carbonyl (C=O) groups excluding carboxylic acids is 1. The van der Waals surface area contributed by atoms with Crippen molar-refractivity contribution in [3.8, 4) is 28.3 Å². The number of nitrogens with zero attached hydrogens (tertiary/aromatic N) is 3. The van der Waals surface area contributed by atoms with Crippen LogP contribution >= 0.6 is 0 Å². The molecule has 2 unspecified atom stereocenters. The van der Waals surface area contributed by atoms with Crippen LogP contribution in [0.2, 0.25) is 0 Å². The molecule has 1 N–H and O–H groups in total. The third-order valence-corrected chi connectivity index (χ3v) is 7.90. The highest BCUT2D eigenvalue weighted by Gasteiger charge is 2.38. The maximum absolute atomic E-state index is 14.2. The number of hydrogen-bond acceptors (Lipinski definition) is 7. The van der Waals surface area contributed by atoms with Crippen molar-refractivity contribution in [3.63, 3.8) is 0 Å². The van der Waals surface area contributed by atoms with Crippen molar-refractivity contribution in [1.82, 2.24) is 14.8 Å². The largest absolute Gasteiger partial charge is 0.492 e. The molecule has 0 spiro atoms. The van der Waals surface area contributed by atoms with Gasteiger partial charge >= 0.3 is 12.1 Å². The van der Waals surface area contributed by atoms with E-state index < -0.39 is 23.4 Å². The van der Waals surface area contributed by atoms with E-state index in [-0.39, 0.29) is 29.7 Å². The van der Waals surface area contributed by atoms with Crippen LogP contribution in [0, 0.1) is 0 Å². The topological polar surface area (TPSA) is 95.7 Å². The Morgan fingerprint density at radius 1 is 1.09 bits per heavy atom. The highest BCUT2D eigenvalue weighted by atomic mass is 19.4. The maximum atomic E-state index is 14.2. The molecule has 0 saturated carbocycles. The van der Waals surface area contributed by atoms with Gasteiger partial charge < -0.3 is 19.3 Å². The molecule has 1 aromatic heterocycles. The van der Waals surface area contributed by atoms with Crippen LogP contribution in [0.4, 0.5) is 13.2 Å². The Labute approximate surface area is 246 Å². The highest BCUT2D eigenvalue weighted by molar-refractivity contribution is 5.75. The van der Waals surface area contributed by atoms with E-state index in [1.54, 1.807) is 50.2 Å². The number of aromatic nitrogens is 3. The Bertz CT molecular complexity index is 1680. The quantitative estimate of drug-likeness (QED) is 0.252. The summed E-state index contributed by atoms with van der Waals surface area (Å²) in [5.74, 6) is 0.982. The minimum Gasteiger partial charge on any atom is -0.492 e. The van der Waals surface area contributed by atoms with E-state index in [0.717, 1.165) is 11.6 Å². The molecule has 0 bridgehead atoms. The minimum atomic E-state index is -4.55. The molecule has 43 heavy (non-hydrogen) atoms. The molecule has 8 nitrogen and oxygen atoms in total. The number of aliphatic hydroxyl groups is 1. The molecule has 11 heteroatoms. The van der Waals surface area contributed by atoms with Crippen LogP contribution in [0.5, 0.6) is 11.5 Å². The lowest BCUT2D eigenvalue weighted by Crippen LogP contribution is -2.18. The zero-order valence-corrected chi connectivity index (χ0v) is 23.8. The second-order valence-corrected chi connectivity index (χ2v) is 11.3. The number of hydrogen-bond donors (Lipinski definition) is 1. The van der Waals surface area contributed by atoms with E-state index >= 15 is 0 Å². The third-order valence-electron chi connectivity index (χ3n) is 7.90. The summed E-state index contributed by atoms with van der Waals surface area (Å²) in [6.07, 6.45) is -2.38. The zero-order valence-electron chi connectivity index (χ0n) is 23.8. The number of benzene rings is 3. The molecule has 0 saturated heterocycles. The number of carbonyl (C=O) groups is 1. The number of fused-ring (bicyclic) bond motifs is 2. The van der Waals surface area contributed by atoms with E-state index in [1.807, 2.05) is 6.07 Å². The predicted molar refractivity (Wildman–Crippen MR) is 150 cm³/mol. The molecule has 224 valence electrons. The van der Waals surface area contributed by atoms with E-state index in [9.17, 15) is 23.1 Å². The summed E-state index contributed by atoms with van der Waals surface area (Å²) in [6, 6.07) is 14.7. The van der Waals surface area contributed by atoms with Gasteiger partial charge in [-0.1, -0.05) is 24.3 Å². The fraction of sp³-hybridized carbons (Fsp3) is 0.344. The first-order chi connectivity index (χ1) is 20.4. The van der Waals surface area contributed by atoms with Crippen molar-refractivity contribution in [2.45, 2.75) is 56.9 Å². The van der Waals surface area contributed by atoms with Crippen molar-refractivity contribution in [2.75, 3.05) is 13.7 Å². The van der Waals surface area contributed by atoms with Crippen LogP contribution in [0.3, 0.4) is 0 Å². The van der Waals surface area contributed by atoms with Crippen LogP contribution in [-0.2, 0) is 27.7 Å². The van der Waals surface area contributed by atoms with E-state index in [0.29, 0.717) is 53.3 Å². The van der Waals surface area contributed by atoms with Gasteiger partial charge in [-0.15, -0.1) is 5.10 Å². The van der Waals surface area contributed by atoms with Crippen LogP contribution in [0.1, 0.15) is 66.8 Å². The molecular weight excluding hydrogens is 563 g/mol. The maximum Gasteiger partial charge on any atom is 0.417 e. The second kappa shape index (κ2) is 10.7. The van der Waals surface area contributed by atoms with Crippen LogP contribution < -0.4 is 9.47 Å². The molecule has 1 aliphatic carbocycles. The van der Waals surface area contributed by atoms with Crippen molar-refractivity contribution in [3.05, 3.63) is 89.0 Å². The van der Waals surface area contributed by atoms with Crippen LogP contribution in [0.15, 0.2) is 60.9 Å². The lowest BCUT2D eigenvalue weighted by atomic mass is 9.91. The molecule has 6 rings (SSSR count). The molecular formula is C32H30F3N3O5. The van der Waals surface area contributed by atoms with Crippen LogP contribution in [-0.4, -0.2) is 39.6 Å². The molecule has 0 amide bonds. The first kappa shape index (κ1) is 28.7. The average Bonchev–Trinajstić information content (AvgIpc) is 3.71. The average molecular weight is 594 g/mol. The van der Waals surface area contributed by atoms with Gasteiger partial charge in [-0.3, -0.25) is 4.79 Å². The lowest BCUT2D eigenvalue weighted by Gasteiger charge is -2.20. The van der Waals surface area contributed by atoms with Gasteiger partial charge in [0.2, 0.25) is 0 Å². The van der Waals surface area contributed by atoms with Gasteiger partial charge in [-0.05, 0) is 73.2 Å². The van der Waals surface area contributed by atoms with E-state index in [2.05, 4.69) is 10.1 Å². The summed E-state index contributed by atoms with van der Waals surface area (Å²) >= 11 is 0. The zero-order chi connectivity index (χ0) is 30.5. The number of ether oxygens (including phenoxy) is 3. The SMILES string of the molecule is COC(=O)CC1COc2cc(OC3CCc4c3ccc(C(F)(F)F)c4-c3ccc(-n4cnc(C(C)(C)O)n4)cc3)ccc21. The summed E-state index contributed by atoms with van der Waals surface area (Å²) in [7, 11) is 1.35. The number of methoxy groups -OCH3 is 1. The number of rotatable bonds is 7. The molecule has 0 fully saturated rings. The van der Waals surface area contributed by atoms with Crippen molar-refractivity contribution >= 4 is 5.97 Å². The number of esters is 1. The van der Waals surface area contributed by atoms with Gasteiger partial charge in [0.25, 0.3) is 0 Å². The Morgan fingerprint density at radius 2 is 1.84 bits per heavy atom. The Balaban J connectivity index is 1.29. The first-order valence-corrected chi connectivity index (χ1v) is 13.9. The summed E-state index contributed by atoms with van der Waals surface area (Å²) in [4.78, 5) is 15.9. The highest BCUT2D eigenvalue weighted by Crippen LogP contribution is 2.47. The van der Waals surface area contributed by atoms with E-state index in [1.165, 1.54) is 24.2 Å².